The van der Waals surface area contributed by atoms with Crippen LogP contribution >= 0.6 is 11.6 Å². The van der Waals surface area contributed by atoms with Gasteiger partial charge in [0.2, 0.25) is 5.91 Å². The average molecular weight is 349 g/mol. The molecule has 0 aliphatic carbocycles. The van der Waals surface area contributed by atoms with Crippen LogP contribution < -0.4 is 20.1 Å². The molecular weight excluding hydrogens is 328 g/mol. The maximum Gasteiger partial charge on any atom is 0.243 e. The van der Waals surface area contributed by atoms with Gasteiger partial charge in [0, 0.05) is 17.8 Å². The van der Waals surface area contributed by atoms with E-state index in [0.717, 1.165) is 11.3 Å². The van der Waals surface area contributed by atoms with Crippen molar-refractivity contribution < 1.29 is 14.3 Å². The molecule has 128 valence electrons. The summed E-state index contributed by atoms with van der Waals surface area (Å²) in [6.45, 7) is 4.19. The molecule has 2 aromatic carbocycles. The Balaban J connectivity index is 2.08. The summed E-state index contributed by atoms with van der Waals surface area (Å²) in [5.41, 5.74) is 3.73. The van der Waals surface area contributed by atoms with E-state index in [1.54, 1.807) is 12.1 Å². The molecular formula is C18H21ClN2O3. The number of carbonyl (C=O) groups excluding carboxylic acids is 1. The van der Waals surface area contributed by atoms with E-state index in [-0.39, 0.29) is 12.5 Å². The van der Waals surface area contributed by atoms with Gasteiger partial charge in [0.25, 0.3) is 0 Å². The summed E-state index contributed by atoms with van der Waals surface area (Å²) in [5.74, 6) is 0.745. The van der Waals surface area contributed by atoms with Gasteiger partial charge >= 0.3 is 0 Å². The van der Waals surface area contributed by atoms with E-state index >= 15 is 0 Å². The minimum atomic E-state index is -0.196. The molecule has 0 saturated carbocycles. The summed E-state index contributed by atoms with van der Waals surface area (Å²) in [6, 6.07) is 9.17. The number of aryl methyl sites for hydroxylation is 1. The molecule has 0 atom stereocenters. The van der Waals surface area contributed by atoms with Gasteiger partial charge < -0.3 is 20.1 Å². The minimum absolute atomic E-state index is 0.137. The van der Waals surface area contributed by atoms with E-state index in [1.807, 2.05) is 32.0 Å². The molecule has 2 N–H and O–H groups in total. The number of hydrogen-bond donors (Lipinski definition) is 2. The van der Waals surface area contributed by atoms with Gasteiger partial charge in [0.15, 0.2) is 0 Å². The zero-order chi connectivity index (χ0) is 17.7. The van der Waals surface area contributed by atoms with Gasteiger partial charge in [-0.3, -0.25) is 4.79 Å². The second kappa shape index (κ2) is 7.93. The van der Waals surface area contributed by atoms with Crippen molar-refractivity contribution in [1.29, 1.82) is 0 Å². The number of rotatable bonds is 6. The van der Waals surface area contributed by atoms with Crippen LogP contribution in [0.2, 0.25) is 5.02 Å². The van der Waals surface area contributed by atoms with Gasteiger partial charge in [-0.1, -0.05) is 23.7 Å². The predicted molar refractivity (Wildman–Crippen MR) is 97.6 cm³/mol. The monoisotopic (exact) mass is 348 g/mol. The highest BCUT2D eigenvalue weighted by Crippen LogP contribution is 2.35. The maximum absolute atomic E-state index is 12.2. The molecule has 24 heavy (non-hydrogen) atoms. The van der Waals surface area contributed by atoms with Crippen LogP contribution in [0.15, 0.2) is 30.3 Å². The van der Waals surface area contributed by atoms with Crippen LogP contribution in [-0.4, -0.2) is 26.7 Å². The van der Waals surface area contributed by atoms with Crippen LogP contribution in [0.1, 0.15) is 11.1 Å². The highest BCUT2D eigenvalue weighted by Gasteiger charge is 2.13. The first-order valence-corrected chi connectivity index (χ1v) is 7.85. The number of methoxy groups -OCH3 is 2. The van der Waals surface area contributed by atoms with Crippen LogP contribution in [0.5, 0.6) is 11.5 Å². The lowest BCUT2D eigenvalue weighted by molar-refractivity contribution is -0.114. The summed E-state index contributed by atoms with van der Waals surface area (Å²) < 4.78 is 10.4. The third-order valence-electron chi connectivity index (χ3n) is 3.79. The van der Waals surface area contributed by atoms with Crippen molar-refractivity contribution >= 4 is 28.9 Å². The molecule has 0 aromatic heterocycles. The van der Waals surface area contributed by atoms with Crippen LogP contribution in [0.4, 0.5) is 11.4 Å². The highest BCUT2D eigenvalue weighted by molar-refractivity contribution is 6.32. The zero-order valence-electron chi connectivity index (χ0n) is 14.2. The fourth-order valence-corrected chi connectivity index (χ4v) is 2.50. The van der Waals surface area contributed by atoms with Gasteiger partial charge in [-0.25, -0.2) is 0 Å². The molecule has 0 radical (unpaired) electrons. The molecule has 2 rings (SSSR count). The molecule has 0 spiro atoms. The second-order valence-electron chi connectivity index (χ2n) is 5.34. The van der Waals surface area contributed by atoms with E-state index in [4.69, 9.17) is 21.1 Å². The highest BCUT2D eigenvalue weighted by atomic mass is 35.5. The number of benzene rings is 2. The molecule has 0 heterocycles. The standard InChI is InChI=1S/C18H21ClN2O3/c1-11-6-5-7-14(12(11)2)20-10-18(22)21-15-9-16(23-3)13(19)8-17(15)24-4/h5-9,20H,10H2,1-4H3,(H,21,22). The maximum atomic E-state index is 12.2. The van der Waals surface area contributed by atoms with Crippen molar-refractivity contribution in [2.45, 2.75) is 13.8 Å². The molecule has 0 aliphatic heterocycles. The van der Waals surface area contributed by atoms with Crippen molar-refractivity contribution in [2.75, 3.05) is 31.4 Å². The van der Waals surface area contributed by atoms with Crippen molar-refractivity contribution in [1.82, 2.24) is 0 Å². The van der Waals surface area contributed by atoms with Crippen LogP contribution in [-0.2, 0) is 4.79 Å². The Bertz CT molecular complexity index is 747. The Kier molecular flexibility index (Phi) is 5.93. The zero-order valence-corrected chi connectivity index (χ0v) is 15.0. The van der Waals surface area contributed by atoms with Crippen LogP contribution in [0, 0.1) is 13.8 Å². The molecule has 1 amide bonds. The molecule has 0 unspecified atom stereocenters. The van der Waals surface area contributed by atoms with E-state index in [9.17, 15) is 4.79 Å². The molecule has 5 nitrogen and oxygen atoms in total. The third-order valence-corrected chi connectivity index (χ3v) is 4.09. The number of hydrogen-bond acceptors (Lipinski definition) is 4. The number of amides is 1. The van der Waals surface area contributed by atoms with Gasteiger partial charge in [0.05, 0.1) is 31.5 Å². The van der Waals surface area contributed by atoms with E-state index in [1.165, 1.54) is 19.8 Å². The van der Waals surface area contributed by atoms with Crippen LogP contribution in [0.25, 0.3) is 0 Å². The van der Waals surface area contributed by atoms with Crippen molar-refractivity contribution in [3.05, 3.63) is 46.5 Å². The Hall–Kier alpha value is -2.40. The van der Waals surface area contributed by atoms with Crippen molar-refractivity contribution in [2.24, 2.45) is 0 Å². The number of halogens is 1. The summed E-state index contributed by atoms with van der Waals surface area (Å²) in [6.07, 6.45) is 0. The smallest absolute Gasteiger partial charge is 0.243 e. The normalized spacial score (nSPS) is 10.2. The van der Waals surface area contributed by atoms with Gasteiger partial charge in [-0.05, 0) is 31.0 Å². The SMILES string of the molecule is COc1cc(NC(=O)CNc2cccc(C)c2C)c(OC)cc1Cl. The summed E-state index contributed by atoms with van der Waals surface area (Å²) in [4.78, 5) is 12.2. The van der Waals surface area contributed by atoms with E-state index in [0.29, 0.717) is 22.2 Å². The molecule has 6 heteroatoms. The largest absolute Gasteiger partial charge is 0.495 e. The lowest BCUT2D eigenvalue weighted by Crippen LogP contribution is -2.22. The van der Waals surface area contributed by atoms with Crippen molar-refractivity contribution in [3.8, 4) is 11.5 Å². The molecule has 2 aromatic rings. The summed E-state index contributed by atoms with van der Waals surface area (Å²) in [7, 11) is 3.03. The Morgan fingerprint density at radius 3 is 2.46 bits per heavy atom. The van der Waals surface area contributed by atoms with Gasteiger partial charge in [0.1, 0.15) is 11.5 Å². The number of carbonyl (C=O) groups is 1. The Morgan fingerprint density at radius 1 is 1.08 bits per heavy atom. The molecule has 0 aliphatic rings. The van der Waals surface area contributed by atoms with E-state index < -0.39 is 0 Å². The first kappa shape index (κ1) is 17.9. The summed E-state index contributed by atoms with van der Waals surface area (Å²) >= 11 is 6.06. The first-order valence-electron chi connectivity index (χ1n) is 7.47. The lowest BCUT2D eigenvalue weighted by Gasteiger charge is -2.14. The number of nitrogens with one attached hydrogen (secondary N) is 2. The minimum Gasteiger partial charge on any atom is -0.495 e. The quantitative estimate of drug-likeness (QED) is 0.827. The fraction of sp³-hybridized carbons (Fsp3) is 0.278. The van der Waals surface area contributed by atoms with Gasteiger partial charge in [-0.15, -0.1) is 0 Å². The predicted octanol–water partition coefficient (Wildman–Crippen LogP) is 4.02. The average Bonchev–Trinajstić information content (AvgIpc) is 2.57. The van der Waals surface area contributed by atoms with Crippen molar-refractivity contribution in [3.63, 3.8) is 0 Å². The number of ether oxygens (including phenoxy) is 2. The molecule has 0 bridgehead atoms. The Morgan fingerprint density at radius 2 is 1.79 bits per heavy atom. The fourth-order valence-electron chi connectivity index (χ4n) is 2.27. The molecule has 0 saturated heterocycles. The first-order chi connectivity index (χ1) is 11.5. The van der Waals surface area contributed by atoms with E-state index in [2.05, 4.69) is 10.6 Å². The number of anilines is 2. The van der Waals surface area contributed by atoms with Gasteiger partial charge in [-0.2, -0.15) is 0 Å². The lowest BCUT2D eigenvalue weighted by atomic mass is 10.1. The molecule has 0 fully saturated rings. The van der Waals surface area contributed by atoms with Crippen LogP contribution in [0.3, 0.4) is 0 Å². The second-order valence-corrected chi connectivity index (χ2v) is 5.74. The third kappa shape index (κ3) is 4.11. The Labute approximate surface area is 146 Å². The summed E-state index contributed by atoms with van der Waals surface area (Å²) in [5, 5.41) is 6.36. The topological polar surface area (TPSA) is 59.6 Å².